The first-order valence-corrected chi connectivity index (χ1v) is 4.64. The van der Waals surface area contributed by atoms with Crippen molar-refractivity contribution in [2.75, 3.05) is 0 Å². The van der Waals surface area contributed by atoms with Crippen LogP contribution in [0.5, 0.6) is 0 Å². The van der Waals surface area contributed by atoms with E-state index in [0.29, 0.717) is 5.56 Å². The van der Waals surface area contributed by atoms with Crippen molar-refractivity contribution in [1.29, 1.82) is 0 Å². The summed E-state index contributed by atoms with van der Waals surface area (Å²) in [6, 6.07) is 1.43. The Balaban J connectivity index is 2.67. The molecule has 64 valence electrons. The van der Waals surface area contributed by atoms with Gasteiger partial charge in [0, 0.05) is 0 Å². The molecule has 1 aliphatic rings. The molecule has 12 heavy (non-hydrogen) atoms. The van der Waals surface area contributed by atoms with E-state index in [1.807, 2.05) is 0 Å². The predicted molar refractivity (Wildman–Crippen MR) is 46.1 cm³/mol. The van der Waals surface area contributed by atoms with Gasteiger partial charge in [-0.25, -0.2) is 8.78 Å². The van der Waals surface area contributed by atoms with Gasteiger partial charge in [-0.3, -0.25) is 0 Å². The number of hydrogen-bond acceptors (Lipinski definition) is 0. The minimum absolute atomic E-state index is 0.0249. The van der Waals surface area contributed by atoms with Crippen LogP contribution in [0.4, 0.5) is 8.78 Å². The molecule has 0 aromatic heterocycles. The molecular weight excluding hydrogens is 226 g/mol. The third kappa shape index (κ3) is 1.07. The highest BCUT2D eigenvalue weighted by Gasteiger charge is 2.20. The van der Waals surface area contributed by atoms with Gasteiger partial charge in [-0.15, -0.1) is 0 Å². The Hall–Kier alpha value is -0.440. The Bertz CT molecular complexity index is 334. The standard InChI is InChI=1S/C9H7BrF2/c10-8-7(11)4-5-2-1-3-6(5)9(8)12/h4H,1-3H2. The van der Waals surface area contributed by atoms with Crippen molar-refractivity contribution in [3.8, 4) is 0 Å². The number of fused-ring (bicyclic) bond motifs is 1. The highest BCUT2D eigenvalue weighted by Crippen LogP contribution is 2.31. The summed E-state index contributed by atoms with van der Waals surface area (Å²) in [7, 11) is 0. The Labute approximate surface area is 77.7 Å². The monoisotopic (exact) mass is 232 g/mol. The molecule has 0 saturated heterocycles. The van der Waals surface area contributed by atoms with Gasteiger partial charge in [0.15, 0.2) is 0 Å². The summed E-state index contributed by atoms with van der Waals surface area (Å²) in [5.74, 6) is -0.907. The molecule has 0 aliphatic heterocycles. The molecule has 0 heterocycles. The van der Waals surface area contributed by atoms with E-state index in [-0.39, 0.29) is 4.47 Å². The first kappa shape index (κ1) is 8.17. The third-order valence-corrected chi connectivity index (χ3v) is 2.96. The highest BCUT2D eigenvalue weighted by atomic mass is 79.9. The van der Waals surface area contributed by atoms with Crippen molar-refractivity contribution in [1.82, 2.24) is 0 Å². The van der Waals surface area contributed by atoms with Gasteiger partial charge >= 0.3 is 0 Å². The lowest BCUT2D eigenvalue weighted by Gasteiger charge is -2.03. The van der Waals surface area contributed by atoms with Crippen LogP contribution >= 0.6 is 15.9 Å². The fraction of sp³-hybridized carbons (Fsp3) is 0.333. The average Bonchev–Trinajstić information content (AvgIpc) is 2.48. The molecule has 0 atom stereocenters. The van der Waals surface area contributed by atoms with Crippen LogP contribution in [0.3, 0.4) is 0 Å². The van der Waals surface area contributed by atoms with E-state index >= 15 is 0 Å². The van der Waals surface area contributed by atoms with Crippen molar-refractivity contribution < 1.29 is 8.78 Å². The normalized spacial score (nSPS) is 14.9. The van der Waals surface area contributed by atoms with Crippen molar-refractivity contribution >= 4 is 15.9 Å². The van der Waals surface area contributed by atoms with Crippen molar-refractivity contribution in [3.05, 3.63) is 33.3 Å². The van der Waals surface area contributed by atoms with Gasteiger partial charge in [0.25, 0.3) is 0 Å². The van der Waals surface area contributed by atoms with Crippen LogP contribution < -0.4 is 0 Å². The van der Waals surface area contributed by atoms with Gasteiger partial charge in [-0.1, -0.05) is 0 Å². The van der Waals surface area contributed by atoms with E-state index < -0.39 is 11.6 Å². The van der Waals surface area contributed by atoms with Crippen molar-refractivity contribution in [3.63, 3.8) is 0 Å². The van der Waals surface area contributed by atoms with Crippen LogP contribution in [-0.2, 0) is 12.8 Å². The van der Waals surface area contributed by atoms with Crippen LogP contribution in [0.2, 0.25) is 0 Å². The van der Waals surface area contributed by atoms with E-state index in [2.05, 4.69) is 15.9 Å². The molecular formula is C9H7BrF2. The molecule has 1 aliphatic carbocycles. The lowest BCUT2D eigenvalue weighted by Crippen LogP contribution is -1.93. The molecule has 0 saturated carbocycles. The van der Waals surface area contributed by atoms with Gasteiger partial charge in [-0.05, 0) is 52.4 Å². The van der Waals surface area contributed by atoms with Gasteiger partial charge in [-0.2, -0.15) is 0 Å². The third-order valence-electron chi connectivity index (χ3n) is 2.23. The summed E-state index contributed by atoms with van der Waals surface area (Å²) in [6.07, 6.45) is 2.47. The van der Waals surface area contributed by atoms with Gasteiger partial charge in [0.2, 0.25) is 0 Å². The lowest BCUT2D eigenvalue weighted by atomic mass is 10.1. The molecule has 1 aromatic rings. The van der Waals surface area contributed by atoms with Crippen LogP contribution in [0, 0.1) is 11.6 Å². The second-order valence-electron chi connectivity index (χ2n) is 2.98. The first-order valence-electron chi connectivity index (χ1n) is 3.85. The molecule has 0 amide bonds. The molecule has 2 rings (SSSR count). The van der Waals surface area contributed by atoms with Crippen LogP contribution in [-0.4, -0.2) is 0 Å². The zero-order chi connectivity index (χ0) is 8.72. The van der Waals surface area contributed by atoms with E-state index in [1.54, 1.807) is 0 Å². The number of benzene rings is 1. The number of aryl methyl sites for hydroxylation is 1. The lowest BCUT2D eigenvalue weighted by molar-refractivity contribution is 0.563. The minimum Gasteiger partial charge on any atom is -0.206 e. The van der Waals surface area contributed by atoms with E-state index in [4.69, 9.17) is 0 Å². The maximum atomic E-state index is 13.3. The highest BCUT2D eigenvalue weighted by molar-refractivity contribution is 9.10. The summed E-state index contributed by atoms with van der Waals surface area (Å²) in [4.78, 5) is 0. The first-order chi connectivity index (χ1) is 5.70. The molecule has 0 bridgehead atoms. The van der Waals surface area contributed by atoms with Crippen LogP contribution in [0.1, 0.15) is 17.5 Å². The zero-order valence-corrected chi connectivity index (χ0v) is 7.92. The van der Waals surface area contributed by atoms with Crippen LogP contribution in [0.25, 0.3) is 0 Å². The summed E-state index contributed by atoms with van der Waals surface area (Å²) < 4.78 is 26.2. The Kier molecular flexibility index (Phi) is 1.91. The summed E-state index contributed by atoms with van der Waals surface area (Å²) in [5, 5.41) is 0. The largest absolute Gasteiger partial charge is 0.206 e. The molecule has 0 fully saturated rings. The summed E-state index contributed by atoms with van der Waals surface area (Å²) in [6.45, 7) is 0. The van der Waals surface area contributed by atoms with E-state index in [1.165, 1.54) is 6.07 Å². The molecule has 0 unspecified atom stereocenters. The molecule has 0 N–H and O–H groups in total. The molecule has 0 spiro atoms. The predicted octanol–water partition coefficient (Wildman–Crippen LogP) is 3.22. The Morgan fingerprint density at radius 2 is 2.00 bits per heavy atom. The van der Waals surface area contributed by atoms with Crippen LogP contribution in [0.15, 0.2) is 10.5 Å². The smallest absolute Gasteiger partial charge is 0.143 e. The number of hydrogen-bond donors (Lipinski definition) is 0. The van der Waals surface area contributed by atoms with Crippen molar-refractivity contribution in [2.45, 2.75) is 19.3 Å². The topological polar surface area (TPSA) is 0 Å². The van der Waals surface area contributed by atoms with Gasteiger partial charge in [0.1, 0.15) is 11.6 Å². The van der Waals surface area contributed by atoms with Crippen molar-refractivity contribution in [2.24, 2.45) is 0 Å². The molecule has 1 aromatic carbocycles. The van der Waals surface area contributed by atoms with Gasteiger partial charge in [0.05, 0.1) is 4.47 Å². The minimum atomic E-state index is -0.492. The fourth-order valence-corrected chi connectivity index (χ4v) is 1.98. The van der Waals surface area contributed by atoms with Gasteiger partial charge < -0.3 is 0 Å². The van der Waals surface area contributed by atoms with E-state index in [0.717, 1.165) is 24.8 Å². The SMILES string of the molecule is Fc1cc2c(c(F)c1Br)CCC2. The molecule has 0 radical (unpaired) electrons. The Morgan fingerprint density at radius 1 is 1.25 bits per heavy atom. The molecule has 0 nitrogen and oxygen atoms in total. The quantitative estimate of drug-likeness (QED) is 0.603. The van der Waals surface area contributed by atoms with E-state index in [9.17, 15) is 8.78 Å². The molecule has 3 heteroatoms. The fourth-order valence-electron chi connectivity index (χ4n) is 1.63. The summed E-state index contributed by atoms with van der Waals surface area (Å²) >= 11 is 2.88. The second kappa shape index (κ2) is 2.80. The maximum absolute atomic E-state index is 13.3. The average molecular weight is 233 g/mol. The summed E-state index contributed by atoms with van der Waals surface area (Å²) in [5.41, 5.74) is 1.51. The second-order valence-corrected chi connectivity index (χ2v) is 3.77. The Morgan fingerprint density at radius 3 is 2.75 bits per heavy atom. The number of rotatable bonds is 0. The zero-order valence-electron chi connectivity index (χ0n) is 6.33. The maximum Gasteiger partial charge on any atom is 0.143 e. The number of halogens is 3.